The lowest BCUT2D eigenvalue weighted by Gasteiger charge is -2.18. The van der Waals surface area contributed by atoms with Crippen LogP contribution in [0.25, 0.3) is 11.1 Å². The highest BCUT2D eigenvalue weighted by molar-refractivity contribution is 8.13. The van der Waals surface area contributed by atoms with E-state index in [1.165, 1.54) is 11.1 Å². The Bertz CT molecular complexity index is 857. The summed E-state index contributed by atoms with van der Waals surface area (Å²) in [5.74, 6) is 0.772. The van der Waals surface area contributed by atoms with Crippen LogP contribution in [0.5, 0.6) is 5.75 Å². The summed E-state index contributed by atoms with van der Waals surface area (Å²) in [6.45, 7) is 1.87. The van der Waals surface area contributed by atoms with Gasteiger partial charge in [0.25, 0.3) is 0 Å². The first-order valence-corrected chi connectivity index (χ1v) is 10.5. The van der Waals surface area contributed by atoms with Gasteiger partial charge in [-0.3, -0.25) is 0 Å². The Morgan fingerprint density at radius 2 is 1.19 bits per heavy atom. The molecule has 0 amide bonds. The minimum atomic E-state index is -3.67. The van der Waals surface area contributed by atoms with E-state index in [0.29, 0.717) is 0 Å². The Morgan fingerprint density at radius 1 is 0.781 bits per heavy atom. The second kappa shape index (κ2) is 14.2. The third kappa shape index (κ3) is 12.7. The zero-order valence-corrected chi connectivity index (χ0v) is 19.2. The molecule has 3 nitrogen and oxygen atoms in total. The number of methoxy groups -OCH3 is 1. The van der Waals surface area contributed by atoms with Crippen LogP contribution in [0.3, 0.4) is 0 Å². The predicted molar refractivity (Wildman–Crippen MR) is 124 cm³/mol. The molecule has 0 unspecified atom stereocenters. The highest BCUT2D eigenvalue weighted by Gasteiger charge is 2.17. The minimum Gasteiger partial charge on any atom is -0.497 e. The van der Waals surface area contributed by atoms with Gasteiger partial charge < -0.3 is 9.47 Å². The molecule has 32 heavy (non-hydrogen) atoms. The number of alkyl halides is 3. The first-order valence-electron chi connectivity index (χ1n) is 9.68. The van der Waals surface area contributed by atoms with Crippen LogP contribution < -0.4 is 4.74 Å². The van der Waals surface area contributed by atoms with Crippen molar-refractivity contribution in [1.82, 2.24) is 0 Å². The van der Waals surface area contributed by atoms with Crippen molar-refractivity contribution in [2.45, 2.75) is 37.9 Å². The molecule has 0 heterocycles. The van der Waals surface area contributed by atoms with E-state index in [1.54, 1.807) is 7.11 Å². The molecule has 0 N–H and O–H groups in total. The summed E-state index contributed by atoms with van der Waals surface area (Å²) in [6.07, 6.45) is 0. The van der Waals surface area contributed by atoms with Gasteiger partial charge in [0.2, 0.25) is 0 Å². The lowest BCUT2D eigenvalue weighted by molar-refractivity contribution is 0.00818. The number of rotatable bonds is 3. The SMILES string of the molecule is COc1ccc(SC(=O)OC(C)(C)C)cc1.FC(F)F.c1ccc(-c2ccccc2)cc1. The van der Waals surface area contributed by atoms with Crippen molar-refractivity contribution < 1.29 is 27.4 Å². The van der Waals surface area contributed by atoms with Gasteiger partial charge in [-0.1, -0.05) is 60.7 Å². The fourth-order valence-corrected chi connectivity index (χ4v) is 3.03. The van der Waals surface area contributed by atoms with Crippen LogP contribution in [-0.4, -0.2) is 24.7 Å². The van der Waals surface area contributed by atoms with E-state index in [1.807, 2.05) is 57.2 Å². The summed E-state index contributed by atoms with van der Waals surface area (Å²) < 4.78 is 39.2. The Balaban J connectivity index is 0.000000281. The van der Waals surface area contributed by atoms with Crippen molar-refractivity contribution in [3.8, 4) is 16.9 Å². The second-order valence-electron chi connectivity index (χ2n) is 7.22. The quantitative estimate of drug-likeness (QED) is 0.289. The van der Waals surface area contributed by atoms with Gasteiger partial charge in [0.05, 0.1) is 7.11 Å². The van der Waals surface area contributed by atoms with Crippen molar-refractivity contribution in [1.29, 1.82) is 0 Å². The number of halogens is 3. The van der Waals surface area contributed by atoms with Gasteiger partial charge in [-0.05, 0) is 67.9 Å². The smallest absolute Gasteiger partial charge is 0.379 e. The monoisotopic (exact) mass is 464 g/mol. The molecule has 0 spiro atoms. The fourth-order valence-electron chi connectivity index (χ4n) is 2.27. The normalized spacial score (nSPS) is 10.2. The molecule has 0 bridgehead atoms. The molecular weight excluding hydrogens is 437 g/mol. The first kappa shape index (κ1) is 27.1. The van der Waals surface area contributed by atoms with Gasteiger partial charge in [0, 0.05) is 4.90 Å². The molecule has 0 aliphatic rings. The average Bonchev–Trinajstić information content (AvgIpc) is 2.74. The standard InChI is InChI=1S/C12H16O3S.C12H10.CHF3/c1-12(2,3)15-11(13)16-10-7-5-9(14-4)6-8-10;1-3-7-11(8-4-1)12-9-5-2-6-10-12;2-1(3)4/h5-8H,1-4H3;1-10H;1H. The Kier molecular flexibility index (Phi) is 12.0. The number of hydrogen-bond acceptors (Lipinski definition) is 4. The second-order valence-corrected chi connectivity index (χ2v) is 8.23. The molecule has 3 aromatic carbocycles. The van der Waals surface area contributed by atoms with E-state index in [0.717, 1.165) is 22.4 Å². The van der Waals surface area contributed by atoms with Gasteiger partial charge in [-0.25, -0.2) is 4.79 Å². The number of carbonyl (C=O) groups excluding carboxylic acids is 1. The van der Waals surface area contributed by atoms with Gasteiger partial charge in [-0.2, -0.15) is 13.2 Å². The van der Waals surface area contributed by atoms with Gasteiger partial charge in [0.1, 0.15) is 11.4 Å². The van der Waals surface area contributed by atoms with Crippen molar-refractivity contribution in [3.63, 3.8) is 0 Å². The van der Waals surface area contributed by atoms with E-state index < -0.39 is 12.3 Å². The number of carbonyl (C=O) groups is 1. The van der Waals surface area contributed by atoms with Crippen molar-refractivity contribution in [3.05, 3.63) is 84.9 Å². The van der Waals surface area contributed by atoms with E-state index in [-0.39, 0.29) is 5.30 Å². The molecule has 0 atom stereocenters. The number of thioether (sulfide) groups is 1. The van der Waals surface area contributed by atoms with Crippen LogP contribution >= 0.6 is 11.8 Å². The van der Waals surface area contributed by atoms with E-state index >= 15 is 0 Å². The molecule has 7 heteroatoms. The van der Waals surface area contributed by atoms with E-state index in [2.05, 4.69) is 48.5 Å². The summed E-state index contributed by atoms with van der Waals surface area (Å²) in [5.41, 5.74) is 2.10. The Labute approximate surface area is 191 Å². The summed E-state index contributed by atoms with van der Waals surface area (Å²) in [6, 6.07) is 28.1. The lowest BCUT2D eigenvalue weighted by atomic mass is 10.1. The fraction of sp³-hybridized carbons (Fsp3) is 0.240. The van der Waals surface area contributed by atoms with E-state index in [9.17, 15) is 18.0 Å². The molecule has 3 aromatic rings. The zero-order valence-electron chi connectivity index (χ0n) is 18.4. The maximum Gasteiger partial charge on any atom is 0.379 e. The molecule has 0 saturated heterocycles. The third-order valence-electron chi connectivity index (χ3n) is 3.53. The van der Waals surface area contributed by atoms with Crippen LogP contribution in [0.2, 0.25) is 0 Å². The van der Waals surface area contributed by atoms with Crippen LogP contribution in [0.1, 0.15) is 20.8 Å². The Morgan fingerprint density at radius 3 is 1.53 bits per heavy atom. The third-order valence-corrected chi connectivity index (χ3v) is 4.29. The highest BCUT2D eigenvalue weighted by Crippen LogP contribution is 2.25. The summed E-state index contributed by atoms with van der Waals surface area (Å²) in [4.78, 5) is 12.3. The van der Waals surface area contributed by atoms with Gasteiger partial charge in [0.15, 0.2) is 0 Å². The lowest BCUT2D eigenvalue weighted by Crippen LogP contribution is -2.21. The van der Waals surface area contributed by atoms with Crippen LogP contribution in [-0.2, 0) is 4.74 Å². The minimum absolute atomic E-state index is 0.294. The van der Waals surface area contributed by atoms with Crippen molar-refractivity contribution in [2.75, 3.05) is 7.11 Å². The zero-order chi connectivity index (χ0) is 24.0. The number of benzene rings is 3. The molecule has 3 rings (SSSR count). The van der Waals surface area contributed by atoms with Crippen LogP contribution in [0.4, 0.5) is 18.0 Å². The van der Waals surface area contributed by atoms with Crippen molar-refractivity contribution in [2.24, 2.45) is 0 Å². The van der Waals surface area contributed by atoms with Gasteiger partial charge in [-0.15, -0.1) is 0 Å². The molecule has 0 radical (unpaired) electrons. The molecule has 0 aliphatic heterocycles. The molecule has 0 fully saturated rings. The first-order chi connectivity index (χ1) is 15.1. The molecular formula is C25H27F3O3S. The predicted octanol–water partition coefficient (Wildman–Crippen LogP) is 8.25. The summed E-state index contributed by atoms with van der Waals surface area (Å²) in [5, 5.41) is -0.294. The number of ether oxygens (including phenoxy) is 2. The maximum atomic E-state index is 11.5. The van der Waals surface area contributed by atoms with Crippen LogP contribution in [0, 0.1) is 0 Å². The largest absolute Gasteiger partial charge is 0.497 e. The summed E-state index contributed by atoms with van der Waals surface area (Å²) in [7, 11) is 1.61. The molecule has 0 aliphatic carbocycles. The number of hydrogen-bond donors (Lipinski definition) is 0. The molecule has 0 aromatic heterocycles. The Hall–Kier alpha value is -2.93. The molecule has 0 saturated carbocycles. The highest BCUT2D eigenvalue weighted by atomic mass is 32.2. The van der Waals surface area contributed by atoms with E-state index in [4.69, 9.17) is 9.47 Å². The van der Waals surface area contributed by atoms with Crippen LogP contribution in [0.15, 0.2) is 89.8 Å². The van der Waals surface area contributed by atoms with Crippen molar-refractivity contribution >= 4 is 17.1 Å². The molecule has 172 valence electrons. The summed E-state index contributed by atoms with van der Waals surface area (Å²) >= 11 is 1.07. The topological polar surface area (TPSA) is 35.5 Å². The van der Waals surface area contributed by atoms with Gasteiger partial charge >= 0.3 is 12.0 Å². The maximum absolute atomic E-state index is 11.5. The average molecular weight is 465 g/mol.